The maximum absolute atomic E-state index is 11.7. The smallest absolute Gasteiger partial charge is 0.326 e. The van der Waals surface area contributed by atoms with Crippen molar-refractivity contribution in [3.8, 4) is 0 Å². The predicted molar refractivity (Wildman–Crippen MR) is 73.1 cm³/mol. The first-order valence-corrected chi connectivity index (χ1v) is 6.93. The van der Waals surface area contributed by atoms with Crippen molar-refractivity contribution in [1.82, 2.24) is 15.5 Å². The molecule has 2 amide bonds. The molecule has 2 unspecified atom stereocenters. The first-order valence-electron chi connectivity index (χ1n) is 6.93. The molecule has 0 spiro atoms. The number of hydrogen-bond donors (Lipinski definition) is 3. The lowest BCUT2D eigenvalue weighted by Gasteiger charge is -2.24. The van der Waals surface area contributed by atoms with E-state index in [1.165, 1.54) is 12.8 Å². The average Bonchev–Trinajstić information content (AvgIpc) is 2.85. The van der Waals surface area contributed by atoms with E-state index in [2.05, 4.69) is 22.5 Å². The highest BCUT2D eigenvalue weighted by Crippen LogP contribution is 2.10. The standard InChI is InChI=1S/C13H25N3O3/c1-9(2)11(12(17)18)15-13(19)14-8-10(3)16-6-4-5-7-16/h9-11H,4-8H2,1-3H3,(H,17,18)(H2,14,15,19). The van der Waals surface area contributed by atoms with Crippen LogP contribution in [0.2, 0.25) is 0 Å². The van der Waals surface area contributed by atoms with Crippen molar-refractivity contribution in [3.63, 3.8) is 0 Å². The number of carbonyl (C=O) groups excluding carboxylic acids is 1. The lowest BCUT2D eigenvalue weighted by molar-refractivity contribution is -0.140. The number of amides is 2. The Bertz CT molecular complexity index is 314. The van der Waals surface area contributed by atoms with Crippen molar-refractivity contribution in [2.75, 3.05) is 19.6 Å². The molecule has 1 fully saturated rings. The molecule has 6 heteroatoms. The molecule has 1 rings (SSSR count). The van der Waals surface area contributed by atoms with Gasteiger partial charge in [0.1, 0.15) is 6.04 Å². The van der Waals surface area contributed by atoms with Crippen LogP contribution in [0.1, 0.15) is 33.6 Å². The molecule has 2 atom stereocenters. The maximum atomic E-state index is 11.7. The molecule has 1 heterocycles. The Labute approximate surface area is 114 Å². The molecule has 0 aromatic rings. The second kappa shape index (κ2) is 7.33. The summed E-state index contributed by atoms with van der Waals surface area (Å²) in [5, 5.41) is 14.2. The predicted octanol–water partition coefficient (Wildman–Crippen LogP) is 0.879. The summed E-state index contributed by atoms with van der Waals surface area (Å²) < 4.78 is 0. The van der Waals surface area contributed by atoms with Gasteiger partial charge in [-0.05, 0) is 38.8 Å². The number of hydrogen-bond acceptors (Lipinski definition) is 3. The molecule has 1 aliphatic rings. The molecule has 0 aliphatic carbocycles. The monoisotopic (exact) mass is 271 g/mol. The van der Waals surface area contributed by atoms with Crippen LogP contribution in [0.25, 0.3) is 0 Å². The quantitative estimate of drug-likeness (QED) is 0.670. The summed E-state index contributed by atoms with van der Waals surface area (Å²) in [4.78, 5) is 25.0. The van der Waals surface area contributed by atoms with Gasteiger partial charge in [-0.15, -0.1) is 0 Å². The normalized spacial score (nSPS) is 19.2. The molecule has 6 nitrogen and oxygen atoms in total. The lowest BCUT2D eigenvalue weighted by Crippen LogP contribution is -2.51. The van der Waals surface area contributed by atoms with Crippen LogP contribution in [-0.4, -0.2) is 53.7 Å². The van der Waals surface area contributed by atoms with E-state index in [-0.39, 0.29) is 12.0 Å². The van der Waals surface area contributed by atoms with Gasteiger partial charge < -0.3 is 15.7 Å². The molecule has 0 saturated carbocycles. The molecular formula is C13H25N3O3. The molecule has 19 heavy (non-hydrogen) atoms. The van der Waals surface area contributed by atoms with Crippen LogP contribution < -0.4 is 10.6 Å². The van der Waals surface area contributed by atoms with Crippen molar-refractivity contribution in [2.45, 2.75) is 45.7 Å². The molecule has 0 aromatic carbocycles. The summed E-state index contributed by atoms with van der Waals surface area (Å²) in [6, 6.07) is -0.968. The molecule has 110 valence electrons. The first-order chi connectivity index (χ1) is 8.91. The van der Waals surface area contributed by atoms with Gasteiger partial charge in [0.05, 0.1) is 0 Å². The van der Waals surface area contributed by atoms with Gasteiger partial charge in [0.2, 0.25) is 0 Å². The van der Waals surface area contributed by atoms with E-state index in [1.54, 1.807) is 13.8 Å². The van der Waals surface area contributed by atoms with E-state index < -0.39 is 18.0 Å². The summed E-state index contributed by atoms with van der Waals surface area (Å²) in [5.41, 5.74) is 0. The van der Waals surface area contributed by atoms with Gasteiger partial charge in [0.25, 0.3) is 0 Å². The molecule has 1 aliphatic heterocycles. The molecule has 3 N–H and O–H groups in total. The van der Waals surface area contributed by atoms with E-state index in [0.717, 1.165) is 13.1 Å². The number of urea groups is 1. The van der Waals surface area contributed by atoms with Gasteiger partial charge in [0, 0.05) is 12.6 Å². The van der Waals surface area contributed by atoms with Crippen molar-refractivity contribution in [1.29, 1.82) is 0 Å². The van der Waals surface area contributed by atoms with Crippen molar-refractivity contribution in [3.05, 3.63) is 0 Å². The minimum Gasteiger partial charge on any atom is -0.480 e. The maximum Gasteiger partial charge on any atom is 0.326 e. The van der Waals surface area contributed by atoms with Crippen LogP contribution in [-0.2, 0) is 4.79 Å². The van der Waals surface area contributed by atoms with Crippen LogP contribution in [0.3, 0.4) is 0 Å². The molecule has 0 aromatic heterocycles. The second-order valence-corrected chi connectivity index (χ2v) is 5.51. The molecule has 0 radical (unpaired) electrons. The van der Waals surface area contributed by atoms with Crippen molar-refractivity contribution >= 4 is 12.0 Å². The Morgan fingerprint density at radius 3 is 2.26 bits per heavy atom. The van der Waals surface area contributed by atoms with Crippen LogP contribution in [0.5, 0.6) is 0 Å². The summed E-state index contributed by atoms with van der Waals surface area (Å²) in [7, 11) is 0. The summed E-state index contributed by atoms with van der Waals surface area (Å²) >= 11 is 0. The third kappa shape index (κ3) is 5.06. The van der Waals surface area contributed by atoms with E-state index >= 15 is 0 Å². The van der Waals surface area contributed by atoms with Gasteiger partial charge in [-0.25, -0.2) is 9.59 Å². The largest absolute Gasteiger partial charge is 0.480 e. The Kier molecular flexibility index (Phi) is 6.08. The van der Waals surface area contributed by atoms with Gasteiger partial charge in [0.15, 0.2) is 0 Å². The van der Waals surface area contributed by atoms with E-state index in [4.69, 9.17) is 5.11 Å². The number of nitrogens with zero attached hydrogens (tertiary/aromatic N) is 1. The number of carbonyl (C=O) groups is 2. The first kappa shape index (κ1) is 15.8. The highest BCUT2D eigenvalue weighted by molar-refractivity contribution is 5.82. The van der Waals surface area contributed by atoms with E-state index in [1.807, 2.05) is 0 Å². The molecular weight excluding hydrogens is 246 g/mol. The number of rotatable bonds is 6. The SMILES string of the molecule is CC(C)C(NC(=O)NCC(C)N1CCCC1)C(=O)O. The van der Waals surface area contributed by atoms with Gasteiger partial charge >= 0.3 is 12.0 Å². The van der Waals surface area contributed by atoms with Crippen LogP contribution in [0.4, 0.5) is 4.79 Å². The fourth-order valence-electron chi connectivity index (χ4n) is 2.26. The zero-order chi connectivity index (χ0) is 14.4. The topological polar surface area (TPSA) is 81.7 Å². The summed E-state index contributed by atoms with van der Waals surface area (Å²) in [6.45, 7) is 8.30. The van der Waals surface area contributed by atoms with Gasteiger partial charge in [-0.3, -0.25) is 4.90 Å². The van der Waals surface area contributed by atoms with Crippen molar-refractivity contribution in [2.24, 2.45) is 5.92 Å². The Morgan fingerprint density at radius 2 is 1.79 bits per heavy atom. The number of carboxylic acids is 1. The highest BCUT2D eigenvalue weighted by Gasteiger charge is 2.24. The second-order valence-electron chi connectivity index (χ2n) is 5.51. The Hall–Kier alpha value is -1.30. The molecule has 1 saturated heterocycles. The van der Waals surface area contributed by atoms with E-state index in [9.17, 15) is 9.59 Å². The fourth-order valence-corrected chi connectivity index (χ4v) is 2.26. The third-order valence-electron chi connectivity index (χ3n) is 3.54. The summed E-state index contributed by atoms with van der Waals surface area (Å²) in [5.74, 6) is -1.14. The minimum absolute atomic E-state index is 0.140. The number of likely N-dealkylation sites (tertiary alicyclic amines) is 1. The van der Waals surface area contributed by atoms with E-state index in [0.29, 0.717) is 6.54 Å². The van der Waals surface area contributed by atoms with Crippen molar-refractivity contribution < 1.29 is 14.7 Å². The van der Waals surface area contributed by atoms with Crippen LogP contribution in [0.15, 0.2) is 0 Å². The van der Waals surface area contributed by atoms with Crippen LogP contribution >= 0.6 is 0 Å². The zero-order valence-corrected chi connectivity index (χ0v) is 12.0. The number of carboxylic acid groups (broad SMARTS) is 1. The Morgan fingerprint density at radius 1 is 1.21 bits per heavy atom. The Balaban J connectivity index is 2.32. The number of aliphatic carboxylic acids is 1. The van der Waals surface area contributed by atoms with Gasteiger partial charge in [-0.2, -0.15) is 0 Å². The highest BCUT2D eigenvalue weighted by atomic mass is 16.4. The lowest BCUT2D eigenvalue weighted by atomic mass is 10.1. The summed E-state index contributed by atoms with van der Waals surface area (Å²) in [6.07, 6.45) is 2.43. The number of nitrogens with one attached hydrogen (secondary N) is 2. The third-order valence-corrected chi connectivity index (χ3v) is 3.54. The zero-order valence-electron chi connectivity index (χ0n) is 12.0. The average molecular weight is 271 g/mol. The molecule has 0 bridgehead atoms. The van der Waals surface area contributed by atoms with Crippen LogP contribution in [0, 0.1) is 5.92 Å². The minimum atomic E-state index is -1.00. The van der Waals surface area contributed by atoms with Gasteiger partial charge in [-0.1, -0.05) is 13.8 Å². The fraction of sp³-hybridized carbons (Fsp3) is 0.846.